The summed E-state index contributed by atoms with van der Waals surface area (Å²) in [6.07, 6.45) is 7.37. The normalized spacial score (nSPS) is 23.1. The number of hydrogen-bond donors (Lipinski definition) is 2. The van der Waals surface area contributed by atoms with Crippen molar-refractivity contribution in [3.63, 3.8) is 0 Å². The van der Waals surface area contributed by atoms with Crippen LogP contribution < -0.4 is 10.6 Å². The molecule has 1 fully saturated rings. The Balaban J connectivity index is 1.84. The average molecular weight is 327 g/mol. The van der Waals surface area contributed by atoms with E-state index in [1.165, 1.54) is 30.6 Å². The zero-order valence-corrected chi connectivity index (χ0v) is 15.0. The number of thioether (sulfide) groups is 1. The minimum atomic E-state index is 0.548. The lowest BCUT2D eigenvalue weighted by Crippen LogP contribution is -2.45. The first-order valence-corrected chi connectivity index (χ1v) is 9.65. The van der Waals surface area contributed by atoms with E-state index < -0.39 is 0 Å². The second-order valence-corrected chi connectivity index (χ2v) is 7.96. The standard InChI is InChI=1S/C15H26N4S2/c1-10-14(21-11(2)18-10)9-17-15(16-3)19-12-6-5-7-13(8-12)20-4/h12-13H,5-9H2,1-4H3,(H2,16,17,19). The van der Waals surface area contributed by atoms with Gasteiger partial charge in [-0.2, -0.15) is 11.8 Å². The van der Waals surface area contributed by atoms with Gasteiger partial charge in [-0.3, -0.25) is 4.99 Å². The van der Waals surface area contributed by atoms with Crippen molar-refractivity contribution in [2.45, 2.75) is 57.4 Å². The van der Waals surface area contributed by atoms with Gasteiger partial charge in [-0.25, -0.2) is 4.98 Å². The highest BCUT2D eigenvalue weighted by Crippen LogP contribution is 2.26. The van der Waals surface area contributed by atoms with Gasteiger partial charge in [0.15, 0.2) is 5.96 Å². The zero-order chi connectivity index (χ0) is 15.2. The molecule has 1 aromatic rings. The van der Waals surface area contributed by atoms with Crippen LogP contribution in [0.3, 0.4) is 0 Å². The van der Waals surface area contributed by atoms with E-state index in [1.54, 1.807) is 11.3 Å². The Labute approximate surface area is 136 Å². The molecular formula is C15H26N4S2. The van der Waals surface area contributed by atoms with Gasteiger partial charge < -0.3 is 10.6 Å². The van der Waals surface area contributed by atoms with Crippen LogP contribution in [-0.4, -0.2) is 35.5 Å². The quantitative estimate of drug-likeness (QED) is 0.659. The van der Waals surface area contributed by atoms with Crippen molar-refractivity contribution in [2.75, 3.05) is 13.3 Å². The van der Waals surface area contributed by atoms with Gasteiger partial charge in [-0.05, 0) is 39.4 Å². The van der Waals surface area contributed by atoms with Gasteiger partial charge in [-0.15, -0.1) is 11.3 Å². The van der Waals surface area contributed by atoms with Gasteiger partial charge in [0, 0.05) is 23.2 Å². The summed E-state index contributed by atoms with van der Waals surface area (Å²) < 4.78 is 0. The number of thiazole rings is 1. The SMILES string of the molecule is CN=C(NCc1sc(C)nc1C)NC1CCCC(SC)C1. The molecular weight excluding hydrogens is 300 g/mol. The molecule has 0 amide bonds. The number of rotatable bonds is 4. The van der Waals surface area contributed by atoms with Crippen LogP contribution in [0.2, 0.25) is 0 Å². The van der Waals surface area contributed by atoms with Gasteiger partial charge >= 0.3 is 0 Å². The smallest absolute Gasteiger partial charge is 0.191 e. The maximum atomic E-state index is 4.47. The van der Waals surface area contributed by atoms with Crippen LogP contribution in [0.1, 0.15) is 41.3 Å². The Hall–Kier alpha value is -0.750. The first-order chi connectivity index (χ1) is 10.1. The maximum absolute atomic E-state index is 4.47. The Morgan fingerprint density at radius 1 is 1.43 bits per heavy atom. The number of aryl methyl sites for hydroxylation is 2. The molecule has 0 saturated heterocycles. The van der Waals surface area contributed by atoms with E-state index in [0.717, 1.165) is 28.5 Å². The second-order valence-electron chi connectivity index (χ2n) is 5.53. The Morgan fingerprint density at radius 3 is 2.86 bits per heavy atom. The fourth-order valence-corrected chi connectivity index (χ4v) is 4.48. The molecule has 1 saturated carbocycles. The summed E-state index contributed by atoms with van der Waals surface area (Å²) in [5.41, 5.74) is 1.13. The van der Waals surface area contributed by atoms with Crippen molar-refractivity contribution in [1.82, 2.24) is 15.6 Å². The highest BCUT2D eigenvalue weighted by atomic mass is 32.2. The van der Waals surface area contributed by atoms with Gasteiger partial charge in [0.25, 0.3) is 0 Å². The molecule has 0 aromatic carbocycles. The predicted molar refractivity (Wildman–Crippen MR) is 94.5 cm³/mol. The molecule has 1 aliphatic rings. The van der Waals surface area contributed by atoms with E-state index in [-0.39, 0.29) is 0 Å². The molecule has 118 valence electrons. The summed E-state index contributed by atoms with van der Waals surface area (Å²) in [5, 5.41) is 8.92. The van der Waals surface area contributed by atoms with Crippen LogP contribution in [0.4, 0.5) is 0 Å². The van der Waals surface area contributed by atoms with Crippen LogP contribution in [0.5, 0.6) is 0 Å². The lowest BCUT2D eigenvalue weighted by atomic mass is 9.95. The van der Waals surface area contributed by atoms with Crippen molar-refractivity contribution in [2.24, 2.45) is 4.99 Å². The topological polar surface area (TPSA) is 49.3 Å². The Bertz CT molecular complexity index is 484. The van der Waals surface area contributed by atoms with Crippen LogP contribution in [-0.2, 0) is 6.54 Å². The molecule has 1 aliphatic carbocycles. The van der Waals surface area contributed by atoms with E-state index >= 15 is 0 Å². The molecule has 0 radical (unpaired) electrons. The van der Waals surface area contributed by atoms with Gasteiger partial charge in [0.1, 0.15) is 0 Å². The number of aliphatic imine (C=N–C) groups is 1. The third-order valence-electron chi connectivity index (χ3n) is 3.94. The molecule has 2 rings (SSSR count). The molecule has 6 heteroatoms. The van der Waals surface area contributed by atoms with Crippen LogP contribution in [0, 0.1) is 13.8 Å². The lowest BCUT2D eigenvalue weighted by molar-refractivity contribution is 0.419. The third-order valence-corrected chi connectivity index (χ3v) is 6.11. The van der Waals surface area contributed by atoms with Crippen molar-refractivity contribution in [3.05, 3.63) is 15.6 Å². The number of nitrogens with zero attached hydrogens (tertiary/aromatic N) is 2. The maximum Gasteiger partial charge on any atom is 0.191 e. The van der Waals surface area contributed by atoms with E-state index in [2.05, 4.69) is 40.7 Å². The number of guanidine groups is 1. The van der Waals surface area contributed by atoms with E-state index in [1.807, 2.05) is 18.8 Å². The summed E-state index contributed by atoms with van der Waals surface area (Å²) in [6.45, 7) is 4.93. The summed E-state index contributed by atoms with van der Waals surface area (Å²) in [7, 11) is 1.84. The first-order valence-electron chi connectivity index (χ1n) is 7.55. The third kappa shape index (κ3) is 4.88. The minimum Gasteiger partial charge on any atom is -0.354 e. The Morgan fingerprint density at radius 2 is 2.24 bits per heavy atom. The molecule has 21 heavy (non-hydrogen) atoms. The van der Waals surface area contributed by atoms with Gasteiger partial charge in [-0.1, -0.05) is 6.42 Å². The predicted octanol–water partition coefficient (Wildman–Crippen LogP) is 3.10. The van der Waals surface area contributed by atoms with Gasteiger partial charge in [0.2, 0.25) is 0 Å². The highest BCUT2D eigenvalue weighted by molar-refractivity contribution is 7.99. The fourth-order valence-electron chi connectivity index (χ4n) is 2.78. The van der Waals surface area contributed by atoms with Crippen molar-refractivity contribution in [3.8, 4) is 0 Å². The molecule has 2 N–H and O–H groups in total. The van der Waals surface area contributed by atoms with Crippen LogP contribution in [0.25, 0.3) is 0 Å². The number of aromatic nitrogens is 1. The lowest BCUT2D eigenvalue weighted by Gasteiger charge is -2.29. The summed E-state index contributed by atoms with van der Waals surface area (Å²) in [4.78, 5) is 10.1. The second kappa shape index (κ2) is 8.03. The van der Waals surface area contributed by atoms with Crippen molar-refractivity contribution < 1.29 is 0 Å². The number of hydrogen-bond acceptors (Lipinski definition) is 4. The Kier molecular flexibility index (Phi) is 6.36. The molecule has 1 aromatic heterocycles. The molecule has 0 aliphatic heterocycles. The van der Waals surface area contributed by atoms with Crippen LogP contribution in [0.15, 0.2) is 4.99 Å². The van der Waals surface area contributed by atoms with Crippen molar-refractivity contribution in [1.29, 1.82) is 0 Å². The van der Waals surface area contributed by atoms with E-state index in [9.17, 15) is 0 Å². The first kappa shape index (κ1) is 16.6. The minimum absolute atomic E-state index is 0.548. The monoisotopic (exact) mass is 326 g/mol. The number of nitrogens with one attached hydrogen (secondary N) is 2. The van der Waals surface area contributed by atoms with Crippen LogP contribution >= 0.6 is 23.1 Å². The van der Waals surface area contributed by atoms with Crippen molar-refractivity contribution >= 4 is 29.1 Å². The van der Waals surface area contributed by atoms with E-state index in [0.29, 0.717) is 6.04 Å². The molecule has 1 heterocycles. The summed E-state index contributed by atoms with van der Waals surface area (Å²) >= 11 is 3.75. The average Bonchev–Trinajstić information content (AvgIpc) is 2.81. The molecule has 2 unspecified atom stereocenters. The van der Waals surface area contributed by atoms with E-state index in [4.69, 9.17) is 0 Å². The zero-order valence-electron chi connectivity index (χ0n) is 13.4. The molecule has 0 spiro atoms. The molecule has 4 nitrogen and oxygen atoms in total. The summed E-state index contributed by atoms with van der Waals surface area (Å²) in [6, 6.07) is 0.548. The summed E-state index contributed by atoms with van der Waals surface area (Å²) in [5.74, 6) is 0.909. The molecule has 0 bridgehead atoms. The van der Waals surface area contributed by atoms with Gasteiger partial charge in [0.05, 0.1) is 17.2 Å². The largest absolute Gasteiger partial charge is 0.354 e. The molecule has 2 atom stereocenters. The fraction of sp³-hybridized carbons (Fsp3) is 0.733. The highest BCUT2D eigenvalue weighted by Gasteiger charge is 2.21.